The molecule has 0 saturated carbocycles. The molecule has 24 heavy (non-hydrogen) atoms. The lowest BCUT2D eigenvalue weighted by Crippen LogP contribution is -2.42. The van der Waals surface area contributed by atoms with Crippen LogP contribution in [0.5, 0.6) is 0 Å². The van der Waals surface area contributed by atoms with Crippen molar-refractivity contribution < 1.29 is 19.1 Å². The van der Waals surface area contributed by atoms with Crippen molar-refractivity contribution in [2.45, 2.75) is 32.2 Å². The number of benzene rings is 1. The first-order valence-electron chi connectivity index (χ1n) is 8.51. The molecule has 0 spiro atoms. The summed E-state index contributed by atoms with van der Waals surface area (Å²) >= 11 is 0. The highest BCUT2D eigenvalue weighted by Gasteiger charge is 2.20. The molecule has 2 N–H and O–H groups in total. The van der Waals surface area contributed by atoms with Crippen LogP contribution in [0.15, 0.2) is 30.3 Å². The molecule has 2 amide bonds. The minimum absolute atomic E-state index is 0.109. The SMILES string of the molecule is CCOC(=O)C[C@@H](NC(=O)NC[C@@H]1CCCOC1)c1ccccc1. The predicted molar refractivity (Wildman–Crippen MR) is 90.5 cm³/mol. The Morgan fingerprint density at radius 1 is 1.33 bits per heavy atom. The summed E-state index contributed by atoms with van der Waals surface area (Å²) in [7, 11) is 0. The van der Waals surface area contributed by atoms with Gasteiger partial charge in [0, 0.05) is 13.2 Å². The second-order valence-electron chi connectivity index (χ2n) is 5.91. The van der Waals surface area contributed by atoms with Crippen LogP contribution >= 0.6 is 0 Å². The number of carbonyl (C=O) groups is 2. The van der Waals surface area contributed by atoms with Crippen LogP contribution in [0.25, 0.3) is 0 Å². The van der Waals surface area contributed by atoms with Crippen LogP contribution in [-0.2, 0) is 14.3 Å². The molecule has 0 radical (unpaired) electrons. The van der Waals surface area contributed by atoms with E-state index in [1.165, 1.54) is 0 Å². The number of rotatable bonds is 7. The van der Waals surface area contributed by atoms with Crippen LogP contribution in [0.3, 0.4) is 0 Å². The van der Waals surface area contributed by atoms with Gasteiger partial charge in [-0.25, -0.2) is 4.79 Å². The highest BCUT2D eigenvalue weighted by atomic mass is 16.5. The van der Waals surface area contributed by atoms with E-state index >= 15 is 0 Å². The molecule has 1 saturated heterocycles. The number of amides is 2. The first kappa shape index (κ1) is 18.3. The normalized spacial score (nSPS) is 18.5. The summed E-state index contributed by atoms with van der Waals surface area (Å²) < 4.78 is 10.4. The Kier molecular flexibility index (Phi) is 7.55. The van der Waals surface area contributed by atoms with Crippen LogP contribution < -0.4 is 10.6 Å². The van der Waals surface area contributed by atoms with E-state index in [1.807, 2.05) is 30.3 Å². The van der Waals surface area contributed by atoms with E-state index in [-0.39, 0.29) is 18.4 Å². The fraction of sp³-hybridized carbons (Fsp3) is 0.556. The number of carbonyl (C=O) groups excluding carboxylic acids is 2. The Morgan fingerprint density at radius 3 is 2.79 bits per heavy atom. The van der Waals surface area contributed by atoms with Crippen molar-refractivity contribution in [3.8, 4) is 0 Å². The Hall–Kier alpha value is -2.08. The first-order valence-corrected chi connectivity index (χ1v) is 8.51. The molecule has 1 heterocycles. The third-order valence-corrected chi connectivity index (χ3v) is 3.99. The smallest absolute Gasteiger partial charge is 0.315 e. The highest BCUT2D eigenvalue weighted by molar-refractivity contribution is 5.76. The molecule has 6 heteroatoms. The van der Waals surface area contributed by atoms with Crippen LogP contribution in [0, 0.1) is 5.92 Å². The van der Waals surface area contributed by atoms with Gasteiger partial charge in [-0.05, 0) is 31.2 Å². The highest BCUT2D eigenvalue weighted by Crippen LogP contribution is 2.17. The lowest BCUT2D eigenvalue weighted by molar-refractivity contribution is -0.143. The number of esters is 1. The van der Waals surface area contributed by atoms with Gasteiger partial charge in [0.2, 0.25) is 0 Å². The van der Waals surface area contributed by atoms with E-state index in [0.29, 0.717) is 25.7 Å². The van der Waals surface area contributed by atoms with Gasteiger partial charge >= 0.3 is 12.0 Å². The van der Waals surface area contributed by atoms with Crippen molar-refractivity contribution in [2.75, 3.05) is 26.4 Å². The van der Waals surface area contributed by atoms with Crippen LogP contribution in [0.4, 0.5) is 4.79 Å². The van der Waals surface area contributed by atoms with E-state index < -0.39 is 6.04 Å². The molecule has 1 aliphatic rings. The number of urea groups is 1. The number of nitrogens with one attached hydrogen (secondary N) is 2. The Labute approximate surface area is 142 Å². The van der Waals surface area contributed by atoms with Crippen molar-refractivity contribution in [2.24, 2.45) is 5.92 Å². The molecule has 1 aliphatic heterocycles. The fourth-order valence-corrected chi connectivity index (χ4v) is 2.74. The maximum Gasteiger partial charge on any atom is 0.315 e. The molecule has 6 nitrogen and oxygen atoms in total. The van der Waals surface area contributed by atoms with E-state index in [4.69, 9.17) is 9.47 Å². The summed E-state index contributed by atoms with van der Waals surface area (Å²) in [6.45, 7) is 4.16. The third-order valence-electron chi connectivity index (χ3n) is 3.99. The lowest BCUT2D eigenvalue weighted by Gasteiger charge is -2.23. The zero-order chi connectivity index (χ0) is 17.2. The van der Waals surface area contributed by atoms with Crippen molar-refractivity contribution in [1.29, 1.82) is 0 Å². The molecule has 0 aliphatic carbocycles. The van der Waals surface area contributed by atoms with Crippen LogP contribution in [0.2, 0.25) is 0 Å². The third kappa shape index (κ3) is 6.20. The zero-order valence-corrected chi connectivity index (χ0v) is 14.1. The van der Waals surface area contributed by atoms with E-state index in [0.717, 1.165) is 25.0 Å². The summed E-state index contributed by atoms with van der Waals surface area (Å²) in [5.41, 5.74) is 0.877. The zero-order valence-electron chi connectivity index (χ0n) is 14.1. The second-order valence-corrected chi connectivity index (χ2v) is 5.91. The fourth-order valence-electron chi connectivity index (χ4n) is 2.74. The topological polar surface area (TPSA) is 76.7 Å². The molecule has 2 atom stereocenters. The molecule has 0 aromatic heterocycles. The summed E-state index contributed by atoms with van der Waals surface area (Å²) in [5, 5.41) is 5.75. The molecule has 2 rings (SSSR count). The maximum absolute atomic E-state index is 12.2. The van der Waals surface area contributed by atoms with Gasteiger partial charge in [-0.1, -0.05) is 30.3 Å². The van der Waals surface area contributed by atoms with Gasteiger partial charge in [0.1, 0.15) is 0 Å². The summed E-state index contributed by atoms with van der Waals surface area (Å²) in [4.78, 5) is 24.0. The summed E-state index contributed by atoms with van der Waals surface area (Å²) in [6.07, 6.45) is 2.20. The Balaban J connectivity index is 1.88. The van der Waals surface area contributed by atoms with Crippen molar-refractivity contribution in [3.63, 3.8) is 0 Å². The van der Waals surface area contributed by atoms with E-state index in [9.17, 15) is 9.59 Å². The standard InChI is InChI=1S/C18H26N2O4/c1-2-24-17(21)11-16(15-8-4-3-5-9-15)20-18(22)19-12-14-7-6-10-23-13-14/h3-5,8-9,14,16H,2,6-7,10-13H2,1H3,(H2,19,20,22)/t14-,16+/m0/s1. The molecule has 1 aromatic carbocycles. The minimum Gasteiger partial charge on any atom is -0.466 e. The molecular weight excluding hydrogens is 308 g/mol. The monoisotopic (exact) mass is 334 g/mol. The molecule has 1 aromatic rings. The number of hydrogen-bond acceptors (Lipinski definition) is 4. The van der Waals surface area contributed by atoms with Gasteiger partial charge in [-0.15, -0.1) is 0 Å². The molecule has 0 unspecified atom stereocenters. The number of ether oxygens (including phenoxy) is 2. The van der Waals surface area contributed by atoms with Gasteiger partial charge in [0.15, 0.2) is 0 Å². The first-order chi connectivity index (χ1) is 11.7. The lowest BCUT2D eigenvalue weighted by atomic mass is 10.0. The average Bonchev–Trinajstić information content (AvgIpc) is 2.61. The predicted octanol–water partition coefficient (Wildman–Crippen LogP) is 2.41. The largest absolute Gasteiger partial charge is 0.466 e. The molecule has 1 fully saturated rings. The summed E-state index contributed by atoms with van der Waals surface area (Å²) in [5.74, 6) is 0.0251. The van der Waals surface area contributed by atoms with Gasteiger partial charge in [0.05, 0.1) is 25.7 Å². The minimum atomic E-state index is -0.409. The van der Waals surface area contributed by atoms with Gasteiger partial charge in [-0.3, -0.25) is 4.79 Å². The van der Waals surface area contributed by atoms with Crippen LogP contribution in [-0.4, -0.2) is 38.4 Å². The van der Waals surface area contributed by atoms with Crippen molar-refractivity contribution >= 4 is 12.0 Å². The van der Waals surface area contributed by atoms with Gasteiger partial charge in [-0.2, -0.15) is 0 Å². The quantitative estimate of drug-likeness (QED) is 0.751. The second kappa shape index (κ2) is 9.93. The maximum atomic E-state index is 12.2. The van der Waals surface area contributed by atoms with E-state index in [1.54, 1.807) is 6.92 Å². The molecule has 0 bridgehead atoms. The van der Waals surface area contributed by atoms with Gasteiger partial charge < -0.3 is 20.1 Å². The van der Waals surface area contributed by atoms with Crippen molar-refractivity contribution in [3.05, 3.63) is 35.9 Å². The molecule has 132 valence electrons. The van der Waals surface area contributed by atoms with Gasteiger partial charge in [0.25, 0.3) is 0 Å². The van der Waals surface area contributed by atoms with E-state index in [2.05, 4.69) is 10.6 Å². The molecular formula is C18H26N2O4. The van der Waals surface area contributed by atoms with Crippen molar-refractivity contribution in [1.82, 2.24) is 10.6 Å². The Bertz CT molecular complexity index is 515. The Morgan fingerprint density at radius 2 is 2.12 bits per heavy atom. The van der Waals surface area contributed by atoms with Crippen LogP contribution in [0.1, 0.15) is 37.8 Å². The average molecular weight is 334 g/mol. The number of hydrogen-bond donors (Lipinski definition) is 2. The summed E-state index contributed by atoms with van der Waals surface area (Å²) in [6, 6.07) is 8.75.